The minimum Gasteiger partial charge on any atom is -0.291 e. The molecule has 128 valence electrons. The number of rotatable bonds is 4. The van der Waals surface area contributed by atoms with Crippen molar-refractivity contribution < 1.29 is 21.2 Å². The molecule has 2 fully saturated rings. The van der Waals surface area contributed by atoms with E-state index < -0.39 is 19.7 Å². The molecule has 0 spiro atoms. The molecule has 0 radical (unpaired) electrons. The van der Waals surface area contributed by atoms with Gasteiger partial charge in [0, 0.05) is 18.6 Å². The second-order valence-electron chi connectivity index (χ2n) is 6.42. The molecule has 2 aliphatic rings. The summed E-state index contributed by atoms with van der Waals surface area (Å²) < 4.78 is 60.6. The van der Waals surface area contributed by atoms with Crippen LogP contribution in [0.4, 0.5) is 4.39 Å². The van der Waals surface area contributed by atoms with Gasteiger partial charge in [-0.1, -0.05) is 12.1 Å². The first kappa shape index (κ1) is 16.9. The average Bonchev–Trinajstić information content (AvgIpc) is 2.98. The fourth-order valence-electron chi connectivity index (χ4n) is 3.48. The monoisotopic (exact) mass is 361 g/mol. The van der Waals surface area contributed by atoms with Crippen LogP contribution in [0.2, 0.25) is 0 Å². The third-order valence-electron chi connectivity index (χ3n) is 4.61. The molecule has 2 atom stereocenters. The molecule has 0 saturated carbocycles. The molecule has 0 N–H and O–H groups in total. The highest BCUT2D eigenvalue weighted by Gasteiger charge is 2.39. The van der Waals surface area contributed by atoms with Gasteiger partial charge in [0.25, 0.3) is 0 Å². The first-order valence-electron chi connectivity index (χ1n) is 7.65. The largest absolute Gasteiger partial charge is 0.291 e. The van der Waals surface area contributed by atoms with Gasteiger partial charge in [-0.15, -0.1) is 0 Å². The van der Waals surface area contributed by atoms with Crippen LogP contribution in [0.5, 0.6) is 0 Å². The molecule has 0 amide bonds. The number of benzene rings is 1. The molecule has 2 heterocycles. The number of hydrogen-bond donors (Lipinski definition) is 0. The molecule has 8 heteroatoms. The molecule has 2 aliphatic heterocycles. The van der Waals surface area contributed by atoms with E-state index in [4.69, 9.17) is 0 Å². The van der Waals surface area contributed by atoms with Gasteiger partial charge in [0.2, 0.25) is 0 Å². The average molecular weight is 361 g/mol. The Hall–Kier alpha value is -0.990. The molecular formula is C15H20FNO4S2. The van der Waals surface area contributed by atoms with Gasteiger partial charge in [-0.05, 0) is 30.5 Å². The number of sulfone groups is 2. The Morgan fingerprint density at radius 2 is 1.57 bits per heavy atom. The van der Waals surface area contributed by atoms with E-state index in [1.807, 2.05) is 4.90 Å². The predicted octanol–water partition coefficient (Wildman–Crippen LogP) is 1.00. The van der Waals surface area contributed by atoms with E-state index in [0.717, 1.165) is 5.56 Å². The van der Waals surface area contributed by atoms with Crippen molar-refractivity contribution in [3.8, 4) is 0 Å². The van der Waals surface area contributed by atoms with Crippen LogP contribution >= 0.6 is 0 Å². The van der Waals surface area contributed by atoms with E-state index >= 15 is 0 Å². The van der Waals surface area contributed by atoms with Gasteiger partial charge >= 0.3 is 0 Å². The quantitative estimate of drug-likeness (QED) is 0.800. The first-order chi connectivity index (χ1) is 10.7. The molecular weight excluding hydrogens is 341 g/mol. The Bertz CT molecular complexity index is 747. The minimum absolute atomic E-state index is 0.0544. The summed E-state index contributed by atoms with van der Waals surface area (Å²) in [7, 11) is -6.13. The molecule has 3 rings (SSSR count). The van der Waals surface area contributed by atoms with Gasteiger partial charge in [0.1, 0.15) is 5.82 Å². The van der Waals surface area contributed by atoms with Crippen molar-refractivity contribution in [1.29, 1.82) is 0 Å². The minimum atomic E-state index is -3.06. The predicted molar refractivity (Wildman–Crippen MR) is 86.1 cm³/mol. The van der Waals surface area contributed by atoms with E-state index in [9.17, 15) is 21.2 Å². The Balaban J connectivity index is 1.84. The number of hydrogen-bond acceptors (Lipinski definition) is 5. The zero-order valence-corrected chi connectivity index (χ0v) is 14.3. The smallest absolute Gasteiger partial charge is 0.151 e. The lowest BCUT2D eigenvalue weighted by Gasteiger charge is -2.33. The number of halogens is 1. The summed E-state index contributed by atoms with van der Waals surface area (Å²) in [5.74, 6) is 0.0335. The van der Waals surface area contributed by atoms with Crippen molar-refractivity contribution in [3.05, 3.63) is 35.6 Å². The van der Waals surface area contributed by atoms with E-state index in [1.165, 1.54) is 12.1 Å². The lowest BCUT2D eigenvalue weighted by atomic mass is 10.1. The zero-order valence-electron chi connectivity index (χ0n) is 12.7. The maximum absolute atomic E-state index is 13.4. The third kappa shape index (κ3) is 4.10. The van der Waals surface area contributed by atoms with Crippen LogP contribution < -0.4 is 0 Å². The Morgan fingerprint density at radius 3 is 2.00 bits per heavy atom. The van der Waals surface area contributed by atoms with E-state index in [-0.39, 0.29) is 40.9 Å². The van der Waals surface area contributed by atoms with Crippen LogP contribution in [0.25, 0.3) is 0 Å². The summed E-state index contributed by atoms with van der Waals surface area (Å²) in [6.45, 7) is 0.373. The summed E-state index contributed by atoms with van der Waals surface area (Å²) in [5, 5.41) is 0. The molecule has 0 aromatic heterocycles. The summed E-state index contributed by atoms with van der Waals surface area (Å²) in [6.07, 6.45) is 1.02. The van der Waals surface area contributed by atoms with Crippen LogP contribution in [0.15, 0.2) is 24.3 Å². The highest BCUT2D eigenvalue weighted by Crippen LogP contribution is 2.27. The molecule has 0 aliphatic carbocycles. The van der Waals surface area contributed by atoms with Gasteiger partial charge in [-0.25, -0.2) is 21.2 Å². The van der Waals surface area contributed by atoms with Gasteiger partial charge < -0.3 is 0 Å². The Morgan fingerprint density at radius 1 is 1.00 bits per heavy atom. The molecule has 0 bridgehead atoms. The second kappa shape index (κ2) is 6.14. The van der Waals surface area contributed by atoms with Crippen LogP contribution in [0.3, 0.4) is 0 Å². The zero-order chi connectivity index (χ0) is 16.7. The molecule has 1 aromatic carbocycles. The maximum Gasteiger partial charge on any atom is 0.151 e. The highest BCUT2D eigenvalue weighted by atomic mass is 32.2. The lowest BCUT2D eigenvalue weighted by molar-refractivity contribution is 0.150. The van der Waals surface area contributed by atoms with Gasteiger partial charge in [0.05, 0.1) is 23.0 Å². The molecule has 5 nitrogen and oxygen atoms in total. The van der Waals surface area contributed by atoms with Gasteiger partial charge in [-0.2, -0.15) is 0 Å². The van der Waals surface area contributed by atoms with E-state index in [2.05, 4.69) is 0 Å². The van der Waals surface area contributed by atoms with E-state index in [0.29, 0.717) is 19.4 Å². The standard InChI is InChI=1S/C15H20FNO4S2/c16-13-3-1-2-12(8-13)9-17(14-4-6-22(18,19)10-14)15-5-7-23(20,21)11-15/h1-3,8,14-15H,4-7,9-11H2/t14-,15-/m0/s1. The fourth-order valence-corrected chi connectivity index (χ4v) is 6.96. The van der Waals surface area contributed by atoms with Crippen LogP contribution in [-0.2, 0) is 26.2 Å². The van der Waals surface area contributed by atoms with Crippen molar-refractivity contribution in [2.75, 3.05) is 23.0 Å². The lowest BCUT2D eigenvalue weighted by Crippen LogP contribution is -2.44. The SMILES string of the molecule is O=S1(=O)CC[C@H](N(Cc2cccc(F)c2)[C@H]2CCS(=O)(=O)C2)C1. The summed E-state index contributed by atoms with van der Waals surface area (Å²) >= 11 is 0. The summed E-state index contributed by atoms with van der Waals surface area (Å²) in [4.78, 5) is 1.96. The van der Waals surface area contributed by atoms with Crippen molar-refractivity contribution in [3.63, 3.8) is 0 Å². The molecule has 0 unspecified atom stereocenters. The van der Waals surface area contributed by atoms with Crippen molar-refractivity contribution in [2.45, 2.75) is 31.5 Å². The first-order valence-corrected chi connectivity index (χ1v) is 11.3. The van der Waals surface area contributed by atoms with Crippen LogP contribution in [0.1, 0.15) is 18.4 Å². The molecule has 2 saturated heterocycles. The van der Waals surface area contributed by atoms with Crippen molar-refractivity contribution >= 4 is 19.7 Å². The normalized spacial score (nSPS) is 29.1. The van der Waals surface area contributed by atoms with Crippen molar-refractivity contribution in [2.24, 2.45) is 0 Å². The highest BCUT2D eigenvalue weighted by molar-refractivity contribution is 7.92. The number of nitrogens with zero attached hydrogens (tertiary/aromatic N) is 1. The topological polar surface area (TPSA) is 71.5 Å². The van der Waals surface area contributed by atoms with E-state index in [1.54, 1.807) is 12.1 Å². The Kier molecular flexibility index (Phi) is 4.50. The fraction of sp³-hybridized carbons (Fsp3) is 0.600. The van der Waals surface area contributed by atoms with Gasteiger partial charge in [0.15, 0.2) is 19.7 Å². The molecule has 23 heavy (non-hydrogen) atoms. The Labute approximate surface area is 136 Å². The second-order valence-corrected chi connectivity index (χ2v) is 10.9. The van der Waals surface area contributed by atoms with Gasteiger partial charge in [-0.3, -0.25) is 4.90 Å². The van der Waals surface area contributed by atoms with Crippen LogP contribution in [-0.4, -0.2) is 56.8 Å². The van der Waals surface area contributed by atoms with Crippen LogP contribution in [0, 0.1) is 5.82 Å². The third-order valence-corrected chi connectivity index (χ3v) is 8.11. The summed E-state index contributed by atoms with van der Waals surface area (Å²) in [5.41, 5.74) is 0.735. The maximum atomic E-state index is 13.4. The summed E-state index contributed by atoms with van der Waals surface area (Å²) in [6, 6.07) is 5.78. The van der Waals surface area contributed by atoms with Crippen molar-refractivity contribution in [1.82, 2.24) is 4.90 Å². The molecule has 1 aromatic rings.